The lowest BCUT2D eigenvalue weighted by Gasteiger charge is -2.21. The molecule has 0 spiro atoms. The van der Waals surface area contributed by atoms with Gasteiger partial charge in [0.2, 0.25) is 10.0 Å². The highest BCUT2D eigenvalue weighted by molar-refractivity contribution is 7.89. The fourth-order valence-corrected chi connectivity index (χ4v) is 3.36. The van der Waals surface area contributed by atoms with E-state index in [9.17, 15) is 8.42 Å². The number of nitriles is 1. The van der Waals surface area contributed by atoms with Crippen molar-refractivity contribution in [2.75, 3.05) is 26.8 Å². The number of sulfonamides is 1. The fraction of sp³-hybridized carbons (Fsp3) is 0.462. The molecule has 1 rings (SSSR count). The van der Waals surface area contributed by atoms with E-state index in [4.69, 9.17) is 10.00 Å². The maximum absolute atomic E-state index is 12.5. The molecular formula is C13H18N2O3S. The standard InChI is InChI=1S/C13H18N2O3S/c1-12-6-3-4-7-13(12)19(16,17)15(9-5-8-14)10-11-18-2/h3-4,6-7H,5,9-11H2,1-2H3. The molecule has 0 aromatic heterocycles. The van der Waals surface area contributed by atoms with E-state index in [2.05, 4.69) is 0 Å². The molecule has 0 radical (unpaired) electrons. The van der Waals surface area contributed by atoms with Crippen molar-refractivity contribution in [3.8, 4) is 6.07 Å². The van der Waals surface area contributed by atoms with Crippen molar-refractivity contribution in [2.24, 2.45) is 0 Å². The summed E-state index contributed by atoms with van der Waals surface area (Å²) in [7, 11) is -2.06. The monoisotopic (exact) mass is 282 g/mol. The van der Waals surface area contributed by atoms with Crippen molar-refractivity contribution >= 4 is 10.0 Å². The summed E-state index contributed by atoms with van der Waals surface area (Å²) in [6.45, 7) is 2.48. The summed E-state index contributed by atoms with van der Waals surface area (Å²) in [6.07, 6.45) is 0.162. The number of hydrogen-bond acceptors (Lipinski definition) is 4. The first kappa shape index (κ1) is 15.6. The minimum Gasteiger partial charge on any atom is -0.383 e. The lowest BCUT2D eigenvalue weighted by Crippen LogP contribution is -2.35. The quantitative estimate of drug-likeness (QED) is 0.760. The molecule has 0 N–H and O–H groups in total. The van der Waals surface area contributed by atoms with Gasteiger partial charge in [-0.15, -0.1) is 0 Å². The first-order valence-electron chi connectivity index (χ1n) is 5.95. The zero-order valence-electron chi connectivity index (χ0n) is 11.2. The molecule has 1 aromatic rings. The van der Waals surface area contributed by atoms with Gasteiger partial charge in [0, 0.05) is 26.6 Å². The van der Waals surface area contributed by atoms with E-state index in [0.717, 1.165) is 0 Å². The highest BCUT2D eigenvalue weighted by Gasteiger charge is 2.25. The molecular weight excluding hydrogens is 264 g/mol. The lowest BCUT2D eigenvalue weighted by molar-refractivity contribution is 0.179. The summed E-state index contributed by atoms with van der Waals surface area (Å²) >= 11 is 0. The average molecular weight is 282 g/mol. The van der Waals surface area contributed by atoms with Crippen LogP contribution in [-0.4, -0.2) is 39.5 Å². The Kier molecular flexibility index (Phi) is 5.96. The average Bonchev–Trinajstić information content (AvgIpc) is 2.39. The smallest absolute Gasteiger partial charge is 0.243 e. The Hall–Kier alpha value is -1.42. The maximum atomic E-state index is 12.5. The van der Waals surface area contributed by atoms with Gasteiger partial charge in [-0.3, -0.25) is 0 Å². The second kappa shape index (κ2) is 7.24. The van der Waals surface area contributed by atoms with Crippen molar-refractivity contribution in [2.45, 2.75) is 18.2 Å². The summed E-state index contributed by atoms with van der Waals surface area (Å²) in [5.74, 6) is 0. The van der Waals surface area contributed by atoms with E-state index < -0.39 is 10.0 Å². The SMILES string of the molecule is COCCN(CCC#N)S(=O)(=O)c1ccccc1C. The third-order valence-corrected chi connectivity index (χ3v) is 4.79. The molecule has 0 bridgehead atoms. The molecule has 0 aliphatic heterocycles. The van der Waals surface area contributed by atoms with Crippen molar-refractivity contribution in [1.82, 2.24) is 4.31 Å². The van der Waals surface area contributed by atoms with Crippen LogP contribution in [0.4, 0.5) is 0 Å². The summed E-state index contributed by atoms with van der Waals surface area (Å²) in [5, 5.41) is 8.63. The van der Waals surface area contributed by atoms with E-state index in [1.807, 2.05) is 6.07 Å². The second-order valence-electron chi connectivity index (χ2n) is 4.07. The first-order valence-corrected chi connectivity index (χ1v) is 7.39. The molecule has 0 saturated carbocycles. The molecule has 104 valence electrons. The van der Waals surface area contributed by atoms with Gasteiger partial charge in [-0.2, -0.15) is 9.57 Å². The molecule has 5 nitrogen and oxygen atoms in total. The predicted octanol–water partition coefficient (Wildman–Crippen LogP) is 1.55. The molecule has 0 unspecified atom stereocenters. The van der Waals surface area contributed by atoms with Crippen molar-refractivity contribution in [1.29, 1.82) is 5.26 Å². The molecule has 19 heavy (non-hydrogen) atoms. The Balaban J connectivity index is 3.05. The van der Waals surface area contributed by atoms with Crippen LogP contribution in [0.15, 0.2) is 29.2 Å². The Labute approximate surface area is 114 Å². The van der Waals surface area contributed by atoms with E-state index in [-0.39, 0.29) is 24.4 Å². The molecule has 0 atom stereocenters. The molecule has 1 aromatic carbocycles. The lowest BCUT2D eigenvalue weighted by atomic mass is 10.2. The Bertz CT molecular complexity index is 549. The predicted molar refractivity (Wildman–Crippen MR) is 72.0 cm³/mol. The van der Waals surface area contributed by atoms with Crippen LogP contribution in [0.2, 0.25) is 0 Å². The van der Waals surface area contributed by atoms with E-state index in [1.54, 1.807) is 31.2 Å². The summed E-state index contributed by atoms with van der Waals surface area (Å²) < 4.78 is 31.3. The van der Waals surface area contributed by atoms with Crippen LogP contribution in [0, 0.1) is 18.3 Å². The van der Waals surface area contributed by atoms with Gasteiger partial charge < -0.3 is 4.74 Å². The van der Waals surface area contributed by atoms with Crippen LogP contribution in [-0.2, 0) is 14.8 Å². The molecule has 0 aliphatic carbocycles. The largest absolute Gasteiger partial charge is 0.383 e. The number of rotatable bonds is 7. The minimum absolute atomic E-state index is 0.162. The number of methoxy groups -OCH3 is 1. The van der Waals surface area contributed by atoms with Gasteiger partial charge in [0.05, 0.1) is 17.6 Å². The maximum Gasteiger partial charge on any atom is 0.243 e. The van der Waals surface area contributed by atoms with Crippen molar-refractivity contribution in [3.05, 3.63) is 29.8 Å². The number of benzene rings is 1. The molecule has 0 amide bonds. The van der Waals surface area contributed by atoms with Gasteiger partial charge in [-0.05, 0) is 18.6 Å². The highest BCUT2D eigenvalue weighted by Crippen LogP contribution is 2.19. The molecule has 0 heterocycles. The first-order chi connectivity index (χ1) is 9.04. The second-order valence-corrected chi connectivity index (χ2v) is 5.98. The number of ether oxygens (including phenoxy) is 1. The Morgan fingerprint density at radius 3 is 2.58 bits per heavy atom. The van der Waals surface area contributed by atoms with Crippen molar-refractivity contribution < 1.29 is 13.2 Å². The third-order valence-electron chi connectivity index (χ3n) is 2.73. The fourth-order valence-electron chi connectivity index (χ4n) is 1.70. The normalized spacial score (nSPS) is 11.5. The Morgan fingerprint density at radius 2 is 2.00 bits per heavy atom. The molecule has 0 fully saturated rings. The van der Waals surface area contributed by atoms with Crippen LogP contribution >= 0.6 is 0 Å². The van der Waals surface area contributed by atoms with Crippen LogP contribution in [0.3, 0.4) is 0 Å². The molecule has 0 saturated heterocycles. The van der Waals surface area contributed by atoms with Gasteiger partial charge in [0.15, 0.2) is 0 Å². The highest BCUT2D eigenvalue weighted by atomic mass is 32.2. The van der Waals surface area contributed by atoms with Gasteiger partial charge in [0.25, 0.3) is 0 Å². The van der Waals surface area contributed by atoms with E-state index in [0.29, 0.717) is 12.2 Å². The van der Waals surface area contributed by atoms with Crippen LogP contribution < -0.4 is 0 Å². The number of nitrogens with zero attached hydrogens (tertiary/aromatic N) is 2. The van der Waals surface area contributed by atoms with Crippen molar-refractivity contribution in [3.63, 3.8) is 0 Å². The van der Waals surface area contributed by atoms with Crippen LogP contribution in [0.25, 0.3) is 0 Å². The van der Waals surface area contributed by atoms with E-state index >= 15 is 0 Å². The van der Waals surface area contributed by atoms with Gasteiger partial charge in [-0.1, -0.05) is 18.2 Å². The molecule has 6 heteroatoms. The number of aryl methyl sites for hydroxylation is 1. The van der Waals surface area contributed by atoms with E-state index in [1.165, 1.54) is 11.4 Å². The zero-order chi connectivity index (χ0) is 14.3. The number of hydrogen-bond donors (Lipinski definition) is 0. The molecule has 0 aliphatic rings. The zero-order valence-corrected chi connectivity index (χ0v) is 12.0. The third kappa shape index (κ3) is 4.03. The van der Waals surface area contributed by atoms with Gasteiger partial charge >= 0.3 is 0 Å². The Morgan fingerprint density at radius 1 is 1.32 bits per heavy atom. The summed E-state index contributed by atoms with van der Waals surface area (Å²) in [4.78, 5) is 0.282. The van der Waals surface area contributed by atoms with Crippen LogP contribution in [0.1, 0.15) is 12.0 Å². The topological polar surface area (TPSA) is 70.4 Å². The van der Waals surface area contributed by atoms with Gasteiger partial charge in [0.1, 0.15) is 0 Å². The van der Waals surface area contributed by atoms with Gasteiger partial charge in [-0.25, -0.2) is 8.42 Å². The van der Waals surface area contributed by atoms with Crippen LogP contribution in [0.5, 0.6) is 0 Å². The minimum atomic E-state index is -3.57. The summed E-state index contributed by atoms with van der Waals surface area (Å²) in [6, 6.07) is 8.79. The summed E-state index contributed by atoms with van der Waals surface area (Å²) in [5.41, 5.74) is 0.696.